The molecule has 188 valence electrons. The molecule has 0 aliphatic carbocycles. The quantitative estimate of drug-likeness (QED) is 0.247. The first-order chi connectivity index (χ1) is 17.5. The van der Waals surface area contributed by atoms with E-state index in [1.165, 1.54) is 22.9 Å². The van der Waals surface area contributed by atoms with Crippen LogP contribution < -0.4 is 5.73 Å². The Hall–Kier alpha value is -4.55. The number of aromatic nitrogens is 5. The van der Waals surface area contributed by atoms with E-state index < -0.39 is 47.0 Å². The average molecular weight is 518 g/mol. The van der Waals surface area contributed by atoms with Crippen molar-refractivity contribution in [2.75, 3.05) is 5.73 Å². The van der Waals surface area contributed by atoms with E-state index in [0.717, 1.165) is 24.4 Å². The topological polar surface area (TPSA) is 82.0 Å². The number of nitrogens with two attached hydrogens (primary N) is 1. The number of anilines is 1. The third-order valence-electron chi connectivity index (χ3n) is 5.55. The van der Waals surface area contributed by atoms with Crippen molar-refractivity contribution in [2.45, 2.75) is 12.6 Å². The van der Waals surface area contributed by atoms with Crippen LogP contribution >= 0.6 is 0 Å². The maximum Gasteiger partial charge on any atom is 0.417 e. The summed E-state index contributed by atoms with van der Waals surface area (Å²) < 4.78 is 96.7. The molecule has 0 saturated heterocycles. The summed E-state index contributed by atoms with van der Waals surface area (Å²) in [7, 11) is 0. The fraction of sp³-hybridized carbons (Fsp3) is 0.0833. The molecule has 0 unspecified atom stereocenters. The minimum atomic E-state index is -4.62. The Labute approximate surface area is 203 Å². The number of benzene rings is 1. The van der Waals surface area contributed by atoms with E-state index in [1.807, 2.05) is 0 Å². The molecular weight excluding hydrogens is 505 g/mol. The Morgan fingerprint density at radius 3 is 2.38 bits per heavy atom. The molecule has 2 N–H and O–H groups in total. The van der Waals surface area contributed by atoms with Crippen LogP contribution in [-0.2, 0) is 12.6 Å². The lowest BCUT2D eigenvalue weighted by Crippen LogP contribution is -2.06. The van der Waals surface area contributed by atoms with Crippen molar-refractivity contribution in [1.29, 1.82) is 0 Å². The summed E-state index contributed by atoms with van der Waals surface area (Å²) in [5, 5.41) is 0. The maximum atomic E-state index is 14.3. The molecule has 0 saturated carbocycles. The van der Waals surface area contributed by atoms with Gasteiger partial charge in [-0.2, -0.15) is 13.2 Å². The van der Waals surface area contributed by atoms with Crippen molar-refractivity contribution in [3.63, 3.8) is 0 Å². The Morgan fingerprint density at radius 2 is 1.65 bits per heavy atom. The van der Waals surface area contributed by atoms with Crippen molar-refractivity contribution in [3.05, 3.63) is 95.3 Å². The summed E-state index contributed by atoms with van der Waals surface area (Å²) in [6.07, 6.45) is -1.14. The molecule has 13 heteroatoms. The number of pyridine rings is 2. The Bertz CT molecular complexity index is 1660. The van der Waals surface area contributed by atoms with E-state index in [4.69, 9.17) is 5.73 Å². The van der Waals surface area contributed by atoms with Gasteiger partial charge in [-0.05, 0) is 30.3 Å². The smallest absolute Gasteiger partial charge is 0.383 e. The number of hydrogen-bond acceptors (Lipinski definition) is 5. The molecule has 0 amide bonds. The molecule has 0 aliphatic heterocycles. The van der Waals surface area contributed by atoms with Crippen LogP contribution in [0.15, 0.2) is 55.1 Å². The second kappa shape index (κ2) is 8.84. The van der Waals surface area contributed by atoms with Crippen molar-refractivity contribution in [1.82, 2.24) is 24.3 Å². The average Bonchev–Trinajstić information content (AvgIpc) is 3.21. The third-order valence-corrected chi connectivity index (χ3v) is 5.55. The first-order valence-electron chi connectivity index (χ1n) is 10.5. The molecule has 1 aromatic carbocycles. The number of alkyl halides is 3. The molecule has 6 nitrogen and oxygen atoms in total. The lowest BCUT2D eigenvalue weighted by molar-refractivity contribution is -0.137. The molecule has 0 bridgehead atoms. The number of fused-ring (bicyclic) bond motifs is 1. The highest BCUT2D eigenvalue weighted by Crippen LogP contribution is 2.33. The van der Waals surface area contributed by atoms with Crippen molar-refractivity contribution < 1.29 is 30.7 Å². The zero-order valence-electron chi connectivity index (χ0n) is 18.4. The highest BCUT2D eigenvalue weighted by atomic mass is 19.4. The summed E-state index contributed by atoms with van der Waals surface area (Å²) >= 11 is 0. The van der Waals surface area contributed by atoms with Crippen LogP contribution in [0.2, 0.25) is 0 Å². The van der Waals surface area contributed by atoms with Crippen LogP contribution in [-0.4, -0.2) is 24.3 Å². The predicted octanol–water partition coefficient (Wildman–Crippen LogP) is 5.60. The van der Waals surface area contributed by atoms with Gasteiger partial charge in [-0.25, -0.2) is 32.5 Å². The molecule has 0 radical (unpaired) electrons. The second-order valence-electron chi connectivity index (χ2n) is 7.93. The molecule has 0 aliphatic rings. The first kappa shape index (κ1) is 24.2. The lowest BCUT2D eigenvalue weighted by atomic mass is 10.1. The predicted molar refractivity (Wildman–Crippen MR) is 118 cm³/mol. The van der Waals surface area contributed by atoms with Crippen LogP contribution in [0.3, 0.4) is 0 Å². The van der Waals surface area contributed by atoms with Gasteiger partial charge in [0.05, 0.1) is 11.1 Å². The highest BCUT2D eigenvalue weighted by Gasteiger charge is 2.31. The number of imidazole rings is 1. The van der Waals surface area contributed by atoms with Crippen molar-refractivity contribution in [3.8, 4) is 22.6 Å². The van der Waals surface area contributed by atoms with Gasteiger partial charge in [0.15, 0.2) is 17.5 Å². The van der Waals surface area contributed by atoms with E-state index in [-0.39, 0.29) is 39.8 Å². The first-order valence-corrected chi connectivity index (χ1v) is 10.5. The molecule has 4 heterocycles. The van der Waals surface area contributed by atoms with Crippen molar-refractivity contribution in [2.24, 2.45) is 0 Å². The SMILES string of the molecule is Nc1nc(-c2nc(Cc3c(F)ccc(F)c3F)n3cc(F)ccc23)ncc1-c1cncc(C(F)(F)F)c1. The van der Waals surface area contributed by atoms with E-state index in [1.54, 1.807) is 0 Å². The molecular formula is C24H13F7N6. The third kappa shape index (κ3) is 4.43. The molecule has 0 spiro atoms. The molecule has 0 atom stereocenters. The fourth-order valence-corrected chi connectivity index (χ4v) is 3.77. The molecule has 5 rings (SSSR count). The second-order valence-corrected chi connectivity index (χ2v) is 7.93. The maximum absolute atomic E-state index is 14.3. The van der Waals surface area contributed by atoms with Gasteiger partial charge >= 0.3 is 6.18 Å². The van der Waals surface area contributed by atoms with Gasteiger partial charge in [-0.3, -0.25) is 9.38 Å². The van der Waals surface area contributed by atoms with Gasteiger partial charge in [-0.1, -0.05) is 0 Å². The van der Waals surface area contributed by atoms with Crippen LogP contribution in [0, 0.1) is 23.3 Å². The van der Waals surface area contributed by atoms with Crippen LogP contribution in [0.4, 0.5) is 36.6 Å². The van der Waals surface area contributed by atoms with Gasteiger partial charge in [0.2, 0.25) is 0 Å². The minimum Gasteiger partial charge on any atom is -0.383 e. The van der Waals surface area contributed by atoms with E-state index in [2.05, 4.69) is 19.9 Å². The van der Waals surface area contributed by atoms with Gasteiger partial charge in [0, 0.05) is 47.9 Å². The van der Waals surface area contributed by atoms with Crippen LogP contribution in [0.1, 0.15) is 17.0 Å². The Kier molecular flexibility index (Phi) is 5.77. The Morgan fingerprint density at radius 1 is 0.892 bits per heavy atom. The van der Waals surface area contributed by atoms with Gasteiger partial charge in [-0.15, -0.1) is 0 Å². The summed E-state index contributed by atoms with van der Waals surface area (Å²) in [5.41, 5.74) is 4.78. The summed E-state index contributed by atoms with van der Waals surface area (Å²) in [6.45, 7) is 0. The number of halogens is 7. The number of nitrogen functional groups attached to an aromatic ring is 1. The van der Waals surface area contributed by atoms with Gasteiger partial charge in [0.1, 0.15) is 29.0 Å². The Balaban J connectivity index is 1.60. The normalized spacial score (nSPS) is 11.9. The highest BCUT2D eigenvalue weighted by molar-refractivity contribution is 5.78. The summed E-state index contributed by atoms with van der Waals surface area (Å²) in [4.78, 5) is 16.2. The lowest BCUT2D eigenvalue weighted by Gasteiger charge is -2.09. The number of hydrogen-bond donors (Lipinski definition) is 1. The van der Waals surface area contributed by atoms with Gasteiger partial charge < -0.3 is 5.73 Å². The number of nitrogens with zero attached hydrogens (tertiary/aromatic N) is 5. The monoisotopic (exact) mass is 518 g/mol. The zero-order valence-corrected chi connectivity index (χ0v) is 18.4. The standard InChI is InChI=1S/C24H13F7N6/c25-13-1-4-18-21(35-19(37(18)10-13)6-14-16(26)2-3-17(27)20(14)28)23-34-9-15(22(32)36-23)11-5-12(8-33-7-11)24(29,30)31/h1-5,7-10H,6H2,(H2,32,34,36). The van der Waals surface area contributed by atoms with E-state index in [9.17, 15) is 30.7 Å². The molecule has 5 aromatic rings. The fourth-order valence-electron chi connectivity index (χ4n) is 3.77. The largest absolute Gasteiger partial charge is 0.417 e. The molecule has 0 fully saturated rings. The zero-order chi connectivity index (χ0) is 26.5. The molecule has 4 aromatic heterocycles. The van der Waals surface area contributed by atoms with E-state index >= 15 is 0 Å². The molecule has 37 heavy (non-hydrogen) atoms. The van der Waals surface area contributed by atoms with Gasteiger partial charge in [0.25, 0.3) is 0 Å². The van der Waals surface area contributed by atoms with Crippen LogP contribution in [0.25, 0.3) is 28.2 Å². The van der Waals surface area contributed by atoms with Crippen LogP contribution in [0.5, 0.6) is 0 Å². The summed E-state index contributed by atoms with van der Waals surface area (Å²) in [6, 6.07) is 4.68. The number of rotatable bonds is 4. The summed E-state index contributed by atoms with van der Waals surface area (Å²) in [5.74, 6) is -4.72. The van der Waals surface area contributed by atoms with E-state index in [0.29, 0.717) is 12.3 Å². The van der Waals surface area contributed by atoms with Crippen molar-refractivity contribution >= 4 is 11.3 Å². The minimum absolute atomic E-state index is 0.0217.